The lowest BCUT2D eigenvalue weighted by atomic mass is 10.1. The predicted molar refractivity (Wildman–Crippen MR) is 68.8 cm³/mol. The zero-order valence-corrected chi connectivity index (χ0v) is 11.0. The first-order valence-electron chi connectivity index (χ1n) is 5.27. The molecule has 0 aliphatic heterocycles. The lowest BCUT2D eigenvalue weighted by Crippen LogP contribution is -2.22. The molecular formula is C12H16BrNO2. The fourth-order valence-corrected chi connectivity index (χ4v) is 1.94. The van der Waals surface area contributed by atoms with Gasteiger partial charge in [-0.15, -0.1) is 0 Å². The van der Waals surface area contributed by atoms with E-state index in [9.17, 15) is 4.79 Å². The SMILES string of the molecule is CCC(CNc1ccc(Br)cc1C)C(=O)O. The number of hydrogen-bond donors (Lipinski definition) is 2. The molecule has 0 amide bonds. The molecule has 4 heteroatoms. The van der Waals surface area contributed by atoms with E-state index < -0.39 is 5.97 Å². The molecule has 1 aromatic rings. The number of benzene rings is 1. The van der Waals surface area contributed by atoms with Gasteiger partial charge in [0, 0.05) is 16.7 Å². The molecule has 0 spiro atoms. The molecule has 1 aromatic carbocycles. The Morgan fingerprint density at radius 3 is 2.75 bits per heavy atom. The van der Waals surface area contributed by atoms with E-state index in [-0.39, 0.29) is 5.92 Å². The number of carboxylic acids is 1. The van der Waals surface area contributed by atoms with Crippen LogP contribution in [0.3, 0.4) is 0 Å². The molecule has 88 valence electrons. The van der Waals surface area contributed by atoms with Crippen molar-refractivity contribution in [2.75, 3.05) is 11.9 Å². The van der Waals surface area contributed by atoms with Gasteiger partial charge in [0.25, 0.3) is 0 Å². The van der Waals surface area contributed by atoms with Crippen molar-refractivity contribution in [2.45, 2.75) is 20.3 Å². The van der Waals surface area contributed by atoms with E-state index in [4.69, 9.17) is 5.11 Å². The maximum atomic E-state index is 10.8. The summed E-state index contributed by atoms with van der Waals surface area (Å²) in [6, 6.07) is 5.90. The van der Waals surface area contributed by atoms with Crippen LogP contribution in [0.4, 0.5) is 5.69 Å². The van der Waals surface area contributed by atoms with Crippen molar-refractivity contribution in [1.82, 2.24) is 0 Å². The van der Waals surface area contributed by atoms with E-state index in [0.717, 1.165) is 15.7 Å². The number of aliphatic carboxylic acids is 1. The number of halogens is 1. The number of hydrogen-bond acceptors (Lipinski definition) is 2. The molecule has 1 unspecified atom stereocenters. The molecule has 2 N–H and O–H groups in total. The average molecular weight is 286 g/mol. The summed E-state index contributed by atoms with van der Waals surface area (Å²) in [5.74, 6) is -1.08. The first kappa shape index (κ1) is 13.0. The molecule has 0 aliphatic rings. The molecule has 0 saturated carbocycles. The van der Waals surface area contributed by atoms with E-state index in [1.54, 1.807) is 0 Å². The third-order valence-corrected chi connectivity index (χ3v) is 3.06. The summed E-state index contributed by atoms with van der Waals surface area (Å²) >= 11 is 3.39. The van der Waals surface area contributed by atoms with Crippen molar-refractivity contribution < 1.29 is 9.90 Å². The highest BCUT2D eigenvalue weighted by Crippen LogP contribution is 2.20. The van der Waals surface area contributed by atoms with Gasteiger partial charge in [-0.1, -0.05) is 22.9 Å². The minimum absolute atomic E-state index is 0.331. The largest absolute Gasteiger partial charge is 0.481 e. The van der Waals surface area contributed by atoms with E-state index in [1.807, 2.05) is 32.0 Å². The summed E-state index contributed by atoms with van der Waals surface area (Å²) < 4.78 is 1.03. The summed E-state index contributed by atoms with van der Waals surface area (Å²) in [4.78, 5) is 10.8. The summed E-state index contributed by atoms with van der Waals surface area (Å²) in [5.41, 5.74) is 2.09. The Morgan fingerprint density at radius 1 is 1.56 bits per heavy atom. The van der Waals surface area contributed by atoms with Crippen LogP contribution in [0, 0.1) is 12.8 Å². The van der Waals surface area contributed by atoms with E-state index in [1.165, 1.54) is 0 Å². The van der Waals surface area contributed by atoms with Gasteiger partial charge in [-0.3, -0.25) is 4.79 Å². The van der Waals surface area contributed by atoms with Crippen molar-refractivity contribution in [3.8, 4) is 0 Å². The number of anilines is 1. The number of carboxylic acid groups (broad SMARTS) is 1. The number of rotatable bonds is 5. The van der Waals surface area contributed by atoms with Crippen molar-refractivity contribution in [2.24, 2.45) is 5.92 Å². The fourth-order valence-electron chi connectivity index (χ4n) is 1.46. The highest BCUT2D eigenvalue weighted by Gasteiger charge is 2.14. The van der Waals surface area contributed by atoms with Crippen LogP contribution in [0.25, 0.3) is 0 Å². The van der Waals surface area contributed by atoms with Gasteiger partial charge in [-0.05, 0) is 37.1 Å². The molecule has 0 aliphatic carbocycles. The van der Waals surface area contributed by atoms with Crippen LogP contribution in [0.15, 0.2) is 22.7 Å². The van der Waals surface area contributed by atoms with Gasteiger partial charge < -0.3 is 10.4 Å². The minimum atomic E-state index is -0.746. The smallest absolute Gasteiger partial charge is 0.308 e. The van der Waals surface area contributed by atoms with Crippen LogP contribution in [0.5, 0.6) is 0 Å². The third kappa shape index (κ3) is 3.52. The molecule has 3 nitrogen and oxygen atoms in total. The second kappa shape index (κ2) is 5.89. The topological polar surface area (TPSA) is 49.3 Å². The summed E-state index contributed by atoms with van der Waals surface area (Å²) in [6.07, 6.45) is 0.637. The highest BCUT2D eigenvalue weighted by molar-refractivity contribution is 9.10. The maximum absolute atomic E-state index is 10.8. The second-order valence-corrected chi connectivity index (χ2v) is 4.70. The minimum Gasteiger partial charge on any atom is -0.481 e. The zero-order chi connectivity index (χ0) is 12.1. The Morgan fingerprint density at radius 2 is 2.25 bits per heavy atom. The quantitative estimate of drug-likeness (QED) is 0.873. The molecule has 1 atom stereocenters. The third-order valence-electron chi connectivity index (χ3n) is 2.57. The van der Waals surface area contributed by atoms with Crippen LogP contribution >= 0.6 is 15.9 Å². The lowest BCUT2D eigenvalue weighted by molar-refractivity contribution is -0.141. The normalized spacial score (nSPS) is 12.2. The van der Waals surface area contributed by atoms with Gasteiger partial charge in [0.1, 0.15) is 0 Å². The van der Waals surface area contributed by atoms with Crippen LogP contribution < -0.4 is 5.32 Å². The lowest BCUT2D eigenvalue weighted by Gasteiger charge is -2.14. The maximum Gasteiger partial charge on any atom is 0.308 e. The van der Waals surface area contributed by atoms with Gasteiger partial charge >= 0.3 is 5.97 Å². The van der Waals surface area contributed by atoms with Gasteiger partial charge in [0.15, 0.2) is 0 Å². The molecular weight excluding hydrogens is 270 g/mol. The van der Waals surface area contributed by atoms with Gasteiger partial charge in [-0.25, -0.2) is 0 Å². The second-order valence-electron chi connectivity index (χ2n) is 3.78. The van der Waals surface area contributed by atoms with Crippen molar-refractivity contribution in [1.29, 1.82) is 0 Å². The molecule has 0 saturated heterocycles. The Hall–Kier alpha value is -1.03. The van der Waals surface area contributed by atoms with E-state index in [0.29, 0.717) is 13.0 Å². The first-order chi connectivity index (χ1) is 7.54. The van der Waals surface area contributed by atoms with Crippen molar-refractivity contribution in [3.05, 3.63) is 28.2 Å². The van der Waals surface area contributed by atoms with Crippen molar-refractivity contribution >= 4 is 27.6 Å². The summed E-state index contributed by atoms with van der Waals surface area (Å²) in [5, 5.41) is 12.1. The molecule has 0 aromatic heterocycles. The average Bonchev–Trinajstić information content (AvgIpc) is 2.21. The van der Waals surface area contributed by atoms with E-state index >= 15 is 0 Å². The standard InChI is InChI=1S/C12H16BrNO2/c1-3-9(12(15)16)7-14-11-5-4-10(13)6-8(11)2/h4-6,9,14H,3,7H2,1-2H3,(H,15,16). The molecule has 0 fully saturated rings. The van der Waals surface area contributed by atoms with Crippen LogP contribution in [0.2, 0.25) is 0 Å². The molecule has 0 bridgehead atoms. The summed E-state index contributed by atoms with van der Waals surface area (Å²) in [6.45, 7) is 4.35. The van der Waals surface area contributed by atoms with Crippen molar-refractivity contribution in [3.63, 3.8) is 0 Å². The number of nitrogens with one attached hydrogen (secondary N) is 1. The zero-order valence-electron chi connectivity index (χ0n) is 9.46. The van der Waals surface area contributed by atoms with Crippen LogP contribution in [0.1, 0.15) is 18.9 Å². The molecule has 0 radical (unpaired) electrons. The monoisotopic (exact) mass is 285 g/mol. The van der Waals surface area contributed by atoms with E-state index in [2.05, 4.69) is 21.2 Å². The number of carbonyl (C=O) groups is 1. The Kier molecular flexibility index (Phi) is 4.80. The Balaban J connectivity index is 2.63. The Bertz CT molecular complexity index is 379. The van der Waals surface area contributed by atoms with Gasteiger partial charge in [0.2, 0.25) is 0 Å². The molecule has 1 rings (SSSR count). The molecule has 0 heterocycles. The van der Waals surface area contributed by atoms with Gasteiger partial charge in [0.05, 0.1) is 5.92 Å². The molecule has 16 heavy (non-hydrogen) atoms. The first-order valence-corrected chi connectivity index (χ1v) is 6.06. The fraction of sp³-hybridized carbons (Fsp3) is 0.417. The van der Waals surface area contributed by atoms with Crippen LogP contribution in [-0.4, -0.2) is 17.6 Å². The predicted octanol–water partition coefficient (Wildman–Crippen LogP) is 3.28. The Labute approximate surface area is 104 Å². The number of aryl methyl sites for hydroxylation is 1. The van der Waals surface area contributed by atoms with Gasteiger partial charge in [-0.2, -0.15) is 0 Å². The summed E-state index contributed by atoms with van der Waals surface area (Å²) in [7, 11) is 0. The van der Waals surface area contributed by atoms with Crippen LogP contribution in [-0.2, 0) is 4.79 Å². The highest BCUT2D eigenvalue weighted by atomic mass is 79.9.